The van der Waals surface area contributed by atoms with Crippen molar-refractivity contribution in [1.82, 2.24) is 4.98 Å². The van der Waals surface area contributed by atoms with Crippen molar-refractivity contribution in [2.45, 2.75) is 32.4 Å². The fourth-order valence-electron chi connectivity index (χ4n) is 2.11. The summed E-state index contributed by atoms with van der Waals surface area (Å²) in [6.45, 7) is 4.93. The topological polar surface area (TPSA) is 51.4 Å². The minimum Gasteiger partial charge on any atom is -0.381 e. The Labute approximate surface area is 105 Å². The van der Waals surface area contributed by atoms with E-state index in [1.54, 1.807) is 4.90 Å². The zero-order chi connectivity index (χ0) is 13.3. The lowest BCUT2D eigenvalue weighted by molar-refractivity contribution is 0.0293. The number of hydrogen-bond acceptors (Lipinski definition) is 4. The molecule has 1 fully saturated rings. The Morgan fingerprint density at radius 3 is 2.89 bits per heavy atom. The molecule has 6 heteroatoms. The van der Waals surface area contributed by atoms with Gasteiger partial charge in [0, 0.05) is 12.6 Å². The number of rotatable bonds is 2. The molecule has 1 aromatic heterocycles. The van der Waals surface area contributed by atoms with E-state index in [0.717, 1.165) is 12.5 Å². The molecule has 2 heterocycles. The molecule has 1 aromatic rings. The van der Waals surface area contributed by atoms with Crippen molar-refractivity contribution in [3.8, 4) is 0 Å². The number of ether oxygens (including phenoxy) is 1. The van der Waals surface area contributed by atoms with Crippen LogP contribution in [-0.4, -0.2) is 30.3 Å². The van der Waals surface area contributed by atoms with Gasteiger partial charge >= 0.3 is 0 Å². The number of nitrogens with two attached hydrogens (primary N) is 1. The largest absolute Gasteiger partial charge is 0.381 e. The molecular weight excluding hydrogens is 240 g/mol. The normalized spacial score (nSPS) is 24.3. The Kier molecular flexibility index (Phi) is 3.65. The van der Waals surface area contributed by atoms with Crippen molar-refractivity contribution in [2.24, 2.45) is 0 Å². The Bertz CT molecular complexity index is 442. The number of hydrogen-bond donors (Lipinski definition) is 1. The van der Waals surface area contributed by atoms with Gasteiger partial charge in [0.25, 0.3) is 0 Å². The summed E-state index contributed by atoms with van der Waals surface area (Å²) in [5.74, 6) is -1.68. The van der Waals surface area contributed by atoms with Crippen molar-refractivity contribution in [1.29, 1.82) is 0 Å². The van der Waals surface area contributed by atoms with Crippen LogP contribution in [0.5, 0.6) is 0 Å². The van der Waals surface area contributed by atoms with Crippen molar-refractivity contribution in [2.75, 3.05) is 23.8 Å². The lowest BCUT2D eigenvalue weighted by atomic mass is 10.1. The van der Waals surface area contributed by atoms with Crippen LogP contribution in [0.3, 0.4) is 0 Å². The van der Waals surface area contributed by atoms with Crippen molar-refractivity contribution < 1.29 is 13.5 Å². The van der Waals surface area contributed by atoms with Crippen LogP contribution in [0.2, 0.25) is 0 Å². The van der Waals surface area contributed by atoms with Crippen LogP contribution in [0.1, 0.15) is 20.3 Å². The average molecular weight is 257 g/mol. The number of nitrogen functional groups attached to an aromatic ring is 1. The summed E-state index contributed by atoms with van der Waals surface area (Å²) >= 11 is 0. The molecule has 18 heavy (non-hydrogen) atoms. The molecule has 1 aliphatic rings. The number of morpholine rings is 1. The second-order valence-corrected chi connectivity index (χ2v) is 4.52. The van der Waals surface area contributed by atoms with Crippen molar-refractivity contribution in [3.63, 3.8) is 0 Å². The highest BCUT2D eigenvalue weighted by Crippen LogP contribution is 2.26. The van der Waals surface area contributed by atoms with Crippen LogP contribution in [0, 0.1) is 11.6 Å². The molecule has 1 saturated heterocycles. The van der Waals surface area contributed by atoms with Gasteiger partial charge in [-0.3, -0.25) is 0 Å². The molecule has 0 aliphatic carbocycles. The van der Waals surface area contributed by atoms with Gasteiger partial charge in [-0.2, -0.15) is 0 Å². The van der Waals surface area contributed by atoms with Crippen molar-refractivity contribution >= 4 is 11.6 Å². The summed E-state index contributed by atoms with van der Waals surface area (Å²) in [4.78, 5) is 5.63. The van der Waals surface area contributed by atoms with Gasteiger partial charge in [-0.1, -0.05) is 6.92 Å². The van der Waals surface area contributed by atoms with Crippen LogP contribution >= 0.6 is 0 Å². The maximum Gasteiger partial charge on any atom is 0.168 e. The first-order chi connectivity index (χ1) is 8.52. The van der Waals surface area contributed by atoms with Gasteiger partial charge < -0.3 is 15.4 Å². The first-order valence-electron chi connectivity index (χ1n) is 6.02. The lowest BCUT2D eigenvalue weighted by Gasteiger charge is -2.39. The Morgan fingerprint density at radius 1 is 1.50 bits per heavy atom. The summed E-state index contributed by atoms with van der Waals surface area (Å²) < 4.78 is 32.5. The van der Waals surface area contributed by atoms with E-state index < -0.39 is 11.6 Å². The lowest BCUT2D eigenvalue weighted by Crippen LogP contribution is -2.49. The third-order valence-corrected chi connectivity index (χ3v) is 3.15. The average Bonchev–Trinajstić information content (AvgIpc) is 2.34. The van der Waals surface area contributed by atoms with Gasteiger partial charge in [-0.05, 0) is 13.3 Å². The van der Waals surface area contributed by atoms with E-state index in [-0.39, 0.29) is 23.8 Å². The van der Waals surface area contributed by atoms with Crippen LogP contribution in [0.25, 0.3) is 0 Å². The molecule has 100 valence electrons. The SMILES string of the molecule is CCC1COC(C)CN1c1nc(N)c(F)cc1F. The highest BCUT2D eigenvalue weighted by Gasteiger charge is 2.29. The summed E-state index contributed by atoms with van der Waals surface area (Å²) in [6.07, 6.45) is 0.783. The number of halogens is 2. The molecule has 0 spiro atoms. The molecule has 2 unspecified atom stereocenters. The first kappa shape index (κ1) is 13.0. The predicted octanol–water partition coefficient (Wildman–Crippen LogP) is 1.95. The molecule has 0 saturated carbocycles. The van der Waals surface area contributed by atoms with Crippen molar-refractivity contribution in [3.05, 3.63) is 17.7 Å². The third kappa shape index (κ3) is 2.38. The van der Waals surface area contributed by atoms with Crippen LogP contribution in [0.4, 0.5) is 20.4 Å². The molecule has 1 aliphatic heterocycles. The Hall–Kier alpha value is -1.43. The van der Waals surface area contributed by atoms with Gasteiger partial charge in [0.15, 0.2) is 23.3 Å². The fraction of sp³-hybridized carbons (Fsp3) is 0.583. The maximum absolute atomic E-state index is 13.8. The van der Waals surface area contributed by atoms with E-state index in [4.69, 9.17) is 10.5 Å². The van der Waals surface area contributed by atoms with E-state index in [9.17, 15) is 8.78 Å². The van der Waals surface area contributed by atoms with Gasteiger partial charge in [0.2, 0.25) is 0 Å². The molecule has 2 rings (SSSR count). The summed E-state index contributed by atoms with van der Waals surface area (Å²) in [6, 6.07) is 0.817. The quantitative estimate of drug-likeness (QED) is 0.879. The zero-order valence-corrected chi connectivity index (χ0v) is 10.5. The molecule has 4 nitrogen and oxygen atoms in total. The molecule has 0 bridgehead atoms. The summed E-state index contributed by atoms with van der Waals surface area (Å²) in [7, 11) is 0. The molecule has 0 amide bonds. The zero-order valence-electron chi connectivity index (χ0n) is 10.5. The van der Waals surface area contributed by atoms with Gasteiger partial charge in [-0.15, -0.1) is 0 Å². The number of nitrogens with zero attached hydrogens (tertiary/aromatic N) is 2. The maximum atomic E-state index is 13.8. The van der Waals surface area contributed by atoms with Gasteiger partial charge in [-0.25, -0.2) is 13.8 Å². The van der Waals surface area contributed by atoms with Crippen LogP contribution in [-0.2, 0) is 4.74 Å². The van der Waals surface area contributed by atoms with Crippen LogP contribution in [0.15, 0.2) is 6.07 Å². The third-order valence-electron chi connectivity index (χ3n) is 3.15. The Balaban J connectivity index is 2.36. The minimum atomic E-state index is -0.828. The molecular formula is C12H17F2N3O. The summed E-state index contributed by atoms with van der Waals surface area (Å²) in [5.41, 5.74) is 5.41. The number of pyridine rings is 1. The number of anilines is 2. The first-order valence-corrected chi connectivity index (χ1v) is 6.02. The second kappa shape index (κ2) is 5.06. The van der Waals surface area contributed by atoms with Crippen LogP contribution < -0.4 is 10.6 Å². The number of aromatic nitrogens is 1. The van der Waals surface area contributed by atoms with E-state index in [1.165, 1.54) is 0 Å². The molecule has 0 aromatic carbocycles. The van der Waals surface area contributed by atoms with E-state index >= 15 is 0 Å². The minimum absolute atomic E-state index is 0.0136. The van der Waals surface area contributed by atoms with E-state index in [0.29, 0.717) is 13.2 Å². The van der Waals surface area contributed by atoms with Gasteiger partial charge in [0.1, 0.15) is 0 Å². The predicted molar refractivity (Wildman–Crippen MR) is 65.4 cm³/mol. The smallest absolute Gasteiger partial charge is 0.168 e. The van der Waals surface area contributed by atoms with Gasteiger partial charge in [0.05, 0.1) is 18.8 Å². The standard InChI is InChI=1S/C12H17F2N3O/c1-3-8-6-18-7(2)5-17(8)12-10(14)4-9(13)11(15)16-12/h4,7-8H,3,5-6H2,1-2H3,(H2,15,16). The van der Waals surface area contributed by atoms with E-state index in [2.05, 4.69) is 4.98 Å². The highest BCUT2D eigenvalue weighted by atomic mass is 19.1. The summed E-state index contributed by atoms with van der Waals surface area (Å²) in [5, 5.41) is 0. The molecule has 2 atom stereocenters. The fourth-order valence-corrected chi connectivity index (χ4v) is 2.11. The highest BCUT2D eigenvalue weighted by molar-refractivity contribution is 5.48. The molecule has 2 N–H and O–H groups in total. The monoisotopic (exact) mass is 257 g/mol. The Morgan fingerprint density at radius 2 is 2.22 bits per heavy atom. The van der Waals surface area contributed by atoms with E-state index in [1.807, 2.05) is 13.8 Å². The molecule has 0 radical (unpaired) electrons. The second-order valence-electron chi connectivity index (χ2n) is 4.52.